The quantitative estimate of drug-likeness (QED) is 0.753. The van der Waals surface area contributed by atoms with Crippen molar-refractivity contribution in [1.82, 2.24) is 5.32 Å². The lowest BCUT2D eigenvalue weighted by atomic mass is 10.1. The molecule has 1 rings (SSSR count). The molecule has 1 atom stereocenters. The third-order valence-corrected chi connectivity index (χ3v) is 3.13. The van der Waals surface area contributed by atoms with E-state index in [1.54, 1.807) is 18.2 Å². The van der Waals surface area contributed by atoms with Crippen molar-refractivity contribution < 1.29 is 14.7 Å². The molecule has 20 heavy (non-hydrogen) atoms. The predicted molar refractivity (Wildman–Crippen MR) is 79.3 cm³/mol. The third-order valence-electron chi connectivity index (χ3n) is 2.90. The minimum Gasteiger partial charge on any atom is -0.480 e. The Balaban J connectivity index is 2.65. The fraction of sp³-hybridized carbons (Fsp3) is 0.429. The zero-order valence-corrected chi connectivity index (χ0v) is 12.3. The molecule has 0 aliphatic carbocycles. The zero-order valence-electron chi connectivity index (χ0n) is 11.6. The minimum atomic E-state index is -1.03. The maximum absolute atomic E-state index is 11.8. The number of aliphatic carboxylic acids is 1. The number of anilines is 1. The van der Waals surface area contributed by atoms with Crippen LogP contribution in [0.4, 0.5) is 10.5 Å². The molecule has 3 N–H and O–H groups in total. The largest absolute Gasteiger partial charge is 0.480 e. The summed E-state index contributed by atoms with van der Waals surface area (Å²) in [6.45, 7) is 3.80. The van der Waals surface area contributed by atoms with Crippen LogP contribution in [0.2, 0.25) is 5.02 Å². The molecular formula is C14H19ClN2O3. The van der Waals surface area contributed by atoms with Gasteiger partial charge in [0.15, 0.2) is 0 Å². The number of unbranched alkanes of at least 4 members (excludes halogenated alkanes) is 1. The highest BCUT2D eigenvalue weighted by atomic mass is 35.5. The van der Waals surface area contributed by atoms with E-state index in [0.717, 1.165) is 18.4 Å². The monoisotopic (exact) mass is 298 g/mol. The van der Waals surface area contributed by atoms with E-state index in [-0.39, 0.29) is 0 Å². The summed E-state index contributed by atoms with van der Waals surface area (Å²) in [7, 11) is 0. The molecule has 0 aliphatic heterocycles. The lowest BCUT2D eigenvalue weighted by Crippen LogP contribution is -2.43. The normalized spacial score (nSPS) is 11.8. The van der Waals surface area contributed by atoms with E-state index in [9.17, 15) is 9.59 Å². The average Bonchev–Trinajstić information content (AvgIpc) is 2.38. The van der Waals surface area contributed by atoms with Crippen LogP contribution in [0.3, 0.4) is 0 Å². The number of halogens is 1. The van der Waals surface area contributed by atoms with E-state index in [4.69, 9.17) is 16.7 Å². The number of nitrogens with one attached hydrogen (secondary N) is 2. The fourth-order valence-corrected chi connectivity index (χ4v) is 1.88. The van der Waals surface area contributed by atoms with Crippen molar-refractivity contribution >= 4 is 29.3 Å². The molecule has 2 amide bonds. The van der Waals surface area contributed by atoms with Gasteiger partial charge in [0.05, 0.1) is 0 Å². The number of carbonyl (C=O) groups excluding carboxylic acids is 1. The number of aryl methyl sites for hydroxylation is 1. The van der Waals surface area contributed by atoms with E-state index in [1.165, 1.54) is 0 Å². The molecule has 0 fully saturated rings. The summed E-state index contributed by atoms with van der Waals surface area (Å²) in [6, 6.07) is 3.71. The van der Waals surface area contributed by atoms with Gasteiger partial charge in [-0.15, -0.1) is 0 Å². The smallest absolute Gasteiger partial charge is 0.326 e. The molecule has 110 valence electrons. The number of rotatable bonds is 6. The van der Waals surface area contributed by atoms with E-state index in [1.807, 2.05) is 13.8 Å². The summed E-state index contributed by atoms with van der Waals surface area (Å²) >= 11 is 5.86. The Hall–Kier alpha value is -1.75. The van der Waals surface area contributed by atoms with Crippen molar-refractivity contribution in [3.63, 3.8) is 0 Å². The molecular weight excluding hydrogens is 280 g/mol. The van der Waals surface area contributed by atoms with Gasteiger partial charge in [0.1, 0.15) is 6.04 Å². The minimum absolute atomic E-state index is 0.410. The van der Waals surface area contributed by atoms with Crippen molar-refractivity contribution in [3.8, 4) is 0 Å². The first-order chi connectivity index (χ1) is 9.43. The summed E-state index contributed by atoms with van der Waals surface area (Å²) in [4.78, 5) is 22.9. The van der Waals surface area contributed by atoms with Crippen molar-refractivity contribution in [2.24, 2.45) is 0 Å². The summed E-state index contributed by atoms with van der Waals surface area (Å²) in [5, 5.41) is 14.6. The van der Waals surface area contributed by atoms with Gasteiger partial charge < -0.3 is 15.7 Å². The fourth-order valence-electron chi connectivity index (χ4n) is 1.71. The summed E-state index contributed by atoms with van der Waals surface area (Å²) < 4.78 is 0. The van der Waals surface area contributed by atoms with Crippen LogP contribution in [0.15, 0.2) is 18.2 Å². The Morgan fingerprint density at radius 1 is 1.40 bits per heavy atom. The second kappa shape index (κ2) is 7.75. The Labute approximate surface area is 123 Å². The molecule has 0 aliphatic rings. The number of carboxylic acid groups (broad SMARTS) is 1. The van der Waals surface area contributed by atoms with Crippen LogP contribution in [0.25, 0.3) is 0 Å². The second-order valence-corrected chi connectivity index (χ2v) is 5.03. The highest BCUT2D eigenvalue weighted by molar-refractivity contribution is 6.31. The first-order valence-corrected chi connectivity index (χ1v) is 6.88. The molecule has 1 aromatic carbocycles. The van der Waals surface area contributed by atoms with Gasteiger partial charge in [0, 0.05) is 10.7 Å². The van der Waals surface area contributed by atoms with E-state index in [0.29, 0.717) is 17.1 Å². The molecule has 0 saturated heterocycles. The van der Waals surface area contributed by atoms with Crippen LogP contribution in [0.1, 0.15) is 31.7 Å². The van der Waals surface area contributed by atoms with Gasteiger partial charge in [-0.2, -0.15) is 0 Å². The highest BCUT2D eigenvalue weighted by Crippen LogP contribution is 2.20. The van der Waals surface area contributed by atoms with Gasteiger partial charge in [0.25, 0.3) is 0 Å². The Bertz CT molecular complexity index is 491. The molecule has 0 saturated carbocycles. The summed E-state index contributed by atoms with van der Waals surface area (Å²) in [6.07, 6.45) is 2.03. The molecule has 0 unspecified atom stereocenters. The predicted octanol–water partition coefficient (Wildman–Crippen LogP) is 3.41. The molecule has 6 heteroatoms. The van der Waals surface area contributed by atoms with Gasteiger partial charge in [-0.3, -0.25) is 0 Å². The number of carbonyl (C=O) groups is 2. The highest BCUT2D eigenvalue weighted by Gasteiger charge is 2.19. The van der Waals surface area contributed by atoms with Crippen molar-refractivity contribution in [2.45, 2.75) is 39.2 Å². The molecule has 1 aromatic rings. The lowest BCUT2D eigenvalue weighted by molar-refractivity contribution is -0.139. The van der Waals surface area contributed by atoms with Crippen LogP contribution in [-0.2, 0) is 4.79 Å². The number of hydrogen-bond donors (Lipinski definition) is 3. The number of benzene rings is 1. The number of amides is 2. The summed E-state index contributed by atoms with van der Waals surface area (Å²) in [5.74, 6) is -1.03. The Morgan fingerprint density at radius 2 is 2.10 bits per heavy atom. The third kappa shape index (κ3) is 5.09. The summed E-state index contributed by atoms with van der Waals surface area (Å²) in [5.41, 5.74) is 1.42. The Kier molecular flexibility index (Phi) is 6.31. The molecule has 5 nitrogen and oxygen atoms in total. The molecule has 0 spiro atoms. The number of hydrogen-bond acceptors (Lipinski definition) is 2. The topological polar surface area (TPSA) is 78.4 Å². The van der Waals surface area contributed by atoms with Gasteiger partial charge >= 0.3 is 12.0 Å². The SMILES string of the molecule is CCCC[C@H](NC(=O)Nc1cc(Cl)ccc1C)C(=O)O. The Morgan fingerprint density at radius 3 is 2.70 bits per heavy atom. The zero-order chi connectivity index (χ0) is 15.1. The average molecular weight is 299 g/mol. The second-order valence-electron chi connectivity index (χ2n) is 4.59. The van der Waals surface area contributed by atoms with Crippen LogP contribution in [0, 0.1) is 6.92 Å². The van der Waals surface area contributed by atoms with E-state index < -0.39 is 18.0 Å². The van der Waals surface area contributed by atoms with Crippen LogP contribution in [-0.4, -0.2) is 23.1 Å². The number of carboxylic acids is 1. The maximum Gasteiger partial charge on any atom is 0.326 e. The van der Waals surface area contributed by atoms with Gasteiger partial charge in [-0.1, -0.05) is 37.4 Å². The van der Waals surface area contributed by atoms with Crippen LogP contribution < -0.4 is 10.6 Å². The molecule has 0 aromatic heterocycles. The van der Waals surface area contributed by atoms with E-state index in [2.05, 4.69) is 10.6 Å². The first-order valence-electron chi connectivity index (χ1n) is 6.50. The van der Waals surface area contributed by atoms with E-state index >= 15 is 0 Å². The first kappa shape index (κ1) is 16.3. The maximum atomic E-state index is 11.8. The van der Waals surface area contributed by atoms with Crippen molar-refractivity contribution in [3.05, 3.63) is 28.8 Å². The van der Waals surface area contributed by atoms with Crippen molar-refractivity contribution in [1.29, 1.82) is 0 Å². The van der Waals surface area contributed by atoms with Crippen LogP contribution >= 0.6 is 11.6 Å². The van der Waals surface area contributed by atoms with Gasteiger partial charge in [-0.25, -0.2) is 9.59 Å². The van der Waals surface area contributed by atoms with Gasteiger partial charge in [-0.05, 0) is 31.0 Å². The molecule has 0 bridgehead atoms. The molecule has 0 radical (unpaired) electrons. The standard InChI is InChI=1S/C14H19ClN2O3/c1-3-4-5-11(13(18)19)16-14(20)17-12-8-10(15)7-6-9(12)2/h6-8,11H,3-5H2,1-2H3,(H,18,19)(H2,16,17,20)/t11-/m0/s1. The number of urea groups is 1. The lowest BCUT2D eigenvalue weighted by Gasteiger charge is -2.15. The van der Waals surface area contributed by atoms with Crippen molar-refractivity contribution in [2.75, 3.05) is 5.32 Å². The van der Waals surface area contributed by atoms with Crippen LogP contribution in [0.5, 0.6) is 0 Å². The van der Waals surface area contributed by atoms with Gasteiger partial charge in [0.2, 0.25) is 0 Å². The molecule has 0 heterocycles.